The highest BCUT2D eigenvalue weighted by molar-refractivity contribution is 6.31. The van der Waals surface area contributed by atoms with Crippen LogP contribution in [-0.4, -0.2) is 184 Å². The number of pyridine rings is 2. The van der Waals surface area contributed by atoms with Crippen LogP contribution in [0.2, 0.25) is 10.0 Å². The number of halogens is 4. The minimum atomic E-state index is -0.574. The normalized spacial score (nSPS) is 16.6. The van der Waals surface area contributed by atoms with Crippen LogP contribution in [0.3, 0.4) is 0 Å². The van der Waals surface area contributed by atoms with Gasteiger partial charge in [-0.1, -0.05) is 29.3 Å². The number of ether oxygens (including phenoxy) is 1. The van der Waals surface area contributed by atoms with Crippen LogP contribution in [-0.2, 0) is 14.3 Å². The van der Waals surface area contributed by atoms with Crippen molar-refractivity contribution in [2.24, 2.45) is 0 Å². The van der Waals surface area contributed by atoms with Crippen molar-refractivity contribution in [3.8, 4) is 22.5 Å². The Balaban J connectivity index is 0.000000206. The number of rotatable bonds is 16. The first-order valence-electron chi connectivity index (χ1n) is 28.8. The zero-order valence-electron chi connectivity index (χ0n) is 48.7. The first-order chi connectivity index (χ1) is 40.9. The number of anilines is 6. The number of piperazine rings is 2. The fourth-order valence-electron chi connectivity index (χ4n) is 10.2. The second kappa shape index (κ2) is 29.2. The van der Waals surface area contributed by atoms with E-state index in [2.05, 4.69) is 96.7 Å². The van der Waals surface area contributed by atoms with E-state index < -0.39 is 17.2 Å². The summed E-state index contributed by atoms with van der Waals surface area (Å²) in [7, 11) is 4.22. The maximum atomic E-state index is 14.8. The summed E-state index contributed by atoms with van der Waals surface area (Å²) in [5, 5.41) is 34.5. The van der Waals surface area contributed by atoms with Crippen molar-refractivity contribution in [3.05, 3.63) is 124 Å². The Labute approximate surface area is 505 Å². The van der Waals surface area contributed by atoms with E-state index in [1.165, 1.54) is 36.4 Å². The third kappa shape index (κ3) is 18.1. The molecule has 5 N–H and O–H groups in total. The SMILES string of the molecule is CN1CCN(CCC(=O)Nc2cc(Nc3cc(-c4cc(Cl)ccc4F)nnc3C3=CCNCC3)ccn2)CC1.CN1CCN(CCC(=O)Nc2cc(Nc3cc(-c4cc(Cl)ccc4F)nnc3C3CCN(C(=O)OC(C)(C)C)CC3)ccn2)CC1. The maximum Gasteiger partial charge on any atom is 0.410 e. The van der Waals surface area contributed by atoms with Crippen molar-refractivity contribution in [1.82, 2.24) is 60.2 Å². The molecule has 0 bridgehead atoms. The summed E-state index contributed by atoms with van der Waals surface area (Å²) in [4.78, 5) is 57.6. The minimum Gasteiger partial charge on any atom is -0.444 e. The number of hydrogen-bond acceptors (Lipinski definition) is 17. The monoisotopic (exact) mass is 1200 g/mol. The highest BCUT2D eigenvalue weighted by Crippen LogP contribution is 2.37. The number of amides is 3. The average Bonchev–Trinajstić information content (AvgIpc) is 3.49. The van der Waals surface area contributed by atoms with Crippen LogP contribution in [0, 0.1) is 11.6 Å². The van der Waals surface area contributed by atoms with E-state index in [4.69, 9.17) is 27.9 Å². The highest BCUT2D eigenvalue weighted by Gasteiger charge is 2.30. The van der Waals surface area contributed by atoms with Gasteiger partial charge >= 0.3 is 6.09 Å². The van der Waals surface area contributed by atoms with Crippen LogP contribution in [0.1, 0.15) is 70.2 Å². The largest absolute Gasteiger partial charge is 0.444 e. The lowest BCUT2D eigenvalue weighted by Crippen LogP contribution is -2.45. The number of likely N-dealkylation sites (N-methyl/N-ethyl adjacent to an activating group) is 2. The van der Waals surface area contributed by atoms with Crippen molar-refractivity contribution in [3.63, 3.8) is 0 Å². The average molecular weight is 1200 g/mol. The van der Waals surface area contributed by atoms with Gasteiger partial charge in [-0.05, 0) is 127 Å². The number of likely N-dealkylation sites (tertiary alicyclic amines) is 1. The summed E-state index contributed by atoms with van der Waals surface area (Å²) in [5.41, 5.74) is 5.74. The third-order valence-electron chi connectivity index (χ3n) is 15.0. The van der Waals surface area contributed by atoms with Crippen molar-refractivity contribution in [2.45, 2.75) is 64.4 Å². The molecule has 0 aliphatic carbocycles. The molecular formula is C61H74Cl2F2N16O4. The first-order valence-corrected chi connectivity index (χ1v) is 29.6. The Hall–Kier alpha value is -7.31. The fraction of sp³-hybridized carbons (Fsp3) is 0.426. The molecule has 3 fully saturated rings. The van der Waals surface area contributed by atoms with E-state index in [1.807, 2.05) is 20.8 Å². The second-order valence-corrected chi connectivity index (χ2v) is 23.6. The predicted molar refractivity (Wildman–Crippen MR) is 330 cm³/mol. The maximum absolute atomic E-state index is 14.8. The summed E-state index contributed by atoms with van der Waals surface area (Å²) in [5.74, 6) is -0.221. The number of hydrogen-bond donors (Lipinski definition) is 5. The molecule has 10 rings (SSSR count). The predicted octanol–water partition coefficient (Wildman–Crippen LogP) is 9.79. The van der Waals surface area contributed by atoms with Crippen LogP contribution in [0.5, 0.6) is 0 Å². The molecule has 8 heterocycles. The zero-order chi connectivity index (χ0) is 60.0. The zero-order valence-corrected chi connectivity index (χ0v) is 50.2. The molecule has 20 nitrogen and oxygen atoms in total. The molecule has 450 valence electrons. The van der Waals surface area contributed by atoms with Crippen molar-refractivity contribution < 1.29 is 27.9 Å². The Kier molecular flexibility index (Phi) is 21.4. The lowest BCUT2D eigenvalue weighted by molar-refractivity contribution is -0.117. The van der Waals surface area contributed by atoms with Gasteiger partial charge in [0.1, 0.15) is 34.6 Å². The molecule has 0 atom stereocenters. The van der Waals surface area contributed by atoms with Crippen LogP contribution in [0.25, 0.3) is 28.1 Å². The molecule has 6 aromatic rings. The van der Waals surface area contributed by atoms with Gasteiger partial charge in [0.2, 0.25) is 11.8 Å². The Morgan fingerprint density at radius 1 is 0.647 bits per heavy atom. The van der Waals surface area contributed by atoms with Gasteiger partial charge in [0, 0.05) is 161 Å². The fourth-order valence-corrected chi connectivity index (χ4v) is 10.6. The molecule has 4 aliphatic heterocycles. The number of piperidine rings is 1. The summed E-state index contributed by atoms with van der Waals surface area (Å²) in [6.07, 6.45) is 7.86. The molecule has 4 aromatic heterocycles. The number of carbonyl (C=O) groups excluding carboxylic acids is 3. The summed E-state index contributed by atoms with van der Waals surface area (Å²) in [6.45, 7) is 17.4. The summed E-state index contributed by atoms with van der Waals surface area (Å²) >= 11 is 12.3. The Morgan fingerprint density at radius 3 is 1.66 bits per heavy atom. The second-order valence-electron chi connectivity index (χ2n) is 22.7. The van der Waals surface area contributed by atoms with E-state index in [-0.39, 0.29) is 35.0 Å². The van der Waals surface area contributed by atoms with Gasteiger partial charge in [0.25, 0.3) is 0 Å². The molecule has 2 aromatic carbocycles. The molecule has 4 aliphatic rings. The summed E-state index contributed by atoms with van der Waals surface area (Å²) in [6, 6.07) is 19.3. The first kappa shape index (κ1) is 62.2. The van der Waals surface area contributed by atoms with Crippen molar-refractivity contribution in [1.29, 1.82) is 0 Å². The smallest absolute Gasteiger partial charge is 0.410 e. The number of nitrogens with zero attached hydrogens (tertiary/aromatic N) is 11. The van der Waals surface area contributed by atoms with E-state index in [0.29, 0.717) is 113 Å². The number of carbonyl (C=O) groups is 3. The van der Waals surface area contributed by atoms with Crippen LogP contribution in [0.4, 0.5) is 48.0 Å². The molecule has 0 radical (unpaired) electrons. The van der Waals surface area contributed by atoms with Gasteiger partial charge in [-0.3, -0.25) is 9.59 Å². The third-order valence-corrected chi connectivity index (χ3v) is 15.5. The number of nitrogens with one attached hydrogen (secondary N) is 5. The van der Waals surface area contributed by atoms with Gasteiger partial charge in [-0.25, -0.2) is 23.5 Å². The quantitative estimate of drug-likeness (QED) is 0.0610. The Bertz CT molecular complexity index is 3330. The molecule has 3 amide bonds. The van der Waals surface area contributed by atoms with Gasteiger partial charge < -0.3 is 55.8 Å². The summed E-state index contributed by atoms with van der Waals surface area (Å²) < 4.78 is 35.0. The lowest BCUT2D eigenvalue weighted by atomic mass is 9.92. The van der Waals surface area contributed by atoms with E-state index in [1.54, 1.807) is 53.7 Å². The minimum absolute atomic E-state index is 0.0115. The molecule has 24 heteroatoms. The van der Waals surface area contributed by atoms with E-state index in [9.17, 15) is 23.2 Å². The molecule has 3 saturated heterocycles. The molecule has 0 unspecified atom stereocenters. The van der Waals surface area contributed by atoms with Gasteiger partial charge in [0.05, 0.1) is 28.5 Å². The topological polar surface area (TPSA) is 214 Å². The molecule has 0 spiro atoms. The highest BCUT2D eigenvalue weighted by atomic mass is 35.5. The number of aromatic nitrogens is 6. The van der Waals surface area contributed by atoms with Gasteiger partial charge in [0.15, 0.2) is 0 Å². The standard InChI is InChI=1S/C33H42ClFN8O3.C28H32ClFN8O/c1-33(2,3)46-32(45)43-13-8-22(9-14-43)31-28(21-27(39-40-31)25-19-23(34)5-6-26(25)35)37-24-7-11-36-29(20-24)38-30(44)10-12-42-17-15-41(4)16-18-42;1-37-12-14-38(15-13-37)11-7-27(39)34-26-17-21(6-10-32-26)33-25-18-24(22-16-20(29)2-3-23(22)30)35-36-28(25)19-4-8-31-9-5-19/h5-7,11,19-22H,8-10,12-18H2,1-4H3,(H2,36,37,38,39,44);2-4,6,10,16-18,31H,5,7-9,11-15H2,1H3,(H2,32,33,34,35,39). The van der Waals surface area contributed by atoms with Gasteiger partial charge in [-0.2, -0.15) is 5.10 Å². The van der Waals surface area contributed by atoms with Crippen molar-refractivity contribution >= 4 is 81.1 Å². The van der Waals surface area contributed by atoms with E-state index in [0.717, 1.165) is 84.0 Å². The number of benzene rings is 2. The van der Waals surface area contributed by atoms with E-state index >= 15 is 0 Å². The van der Waals surface area contributed by atoms with Gasteiger partial charge in [-0.15, -0.1) is 15.3 Å². The Morgan fingerprint density at radius 2 is 1.15 bits per heavy atom. The molecule has 85 heavy (non-hydrogen) atoms. The van der Waals surface area contributed by atoms with Crippen LogP contribution >= 0.6 is 23.2 Å². The molecule has 0 saturated carbocycles. The van der Waals surface area contributed by atoms with Crippen molar-refractivity contribution in [2.75, 3.05) is 127 Å². The molecular weight excluding hydrogens is 1130 g/mol. The lowest BCUT2D eigenvalue weighted by Gasteiger charge is -2.33. The van der Waals surface area contributed by atoms with Crippen LogP contribution < -0.4 is 26.6 Å². The van der Waals surface area contributed by atoms with Crippen LogP contribution in [0.15, 0.2) is 91.3 Å².